The Labute approximate surface area is 149 Å². The summed E-state index contributed by atoms with van der Waals surface area (Å²) in [4.78, 5) is 11.4. The minimum Gasteiger partial charge on any atom is -0.378 e. The number of carbonyl (C=O) groups is 1. The Balaban J connectivity index is 1.72. The molecule has 0 radical (unpaired) electrons. The third-order valence-electron chi connectivity index (χ3n) is 5.77. The lowest BCUT2D eigenvalue weighted by molar-refractivity contribution is -0.114. The van der Waals surface area contributed by atoms with Crippen LogP contribution in [-0.4, -0.2) is 5.91 Å². The van der Waals surface area contributed by atoms with Crippen molar-refractivity contribution in [3.8, 4) is 0 Å². The number of anilines is 2. The third-order valence-corrected chi connectivity index (χ3v) is 5.77. The van der Waals surface area contributed by atoms with E-state index in [2.05, 4.69) is 54.0 Å². The van der Waals surface area contributed by atoms with Crippen LogP contribution in [0.1, 0.15) is 61.3 Å². The summed E-state index contributed by atoms with van der Waals surface area (Å²) in [5, 5.41) is 6.73. The van der Waals surface area contributed by atoms with Crippen LogP contribution in [0.5, 0.6) is 0 Å². The van der Waals surface area contributed by atoms with E-state index in [9.17, 15) is 4.79 Å². The van der Waals surface area contributed by atoms with E-state index in [0.717, 1.165) is 5.69 Å². The van der Waals surface area contributed by atoms with E-state index in [-0.39, 0.29) is 5.91 Å². The zero-order valence-electron chi connectivity index (χ0n) is 15.0. The Hall–Kier alpha value is -2.29. The van der Waals surface area contributed by atoms with E-state index in [1.54, 1.807) is 6.92 Å². The molecule has 1 heterocycles. The maximum atomic E-state index is 11.4. The van der Waals surface area contributed by atoms with Crippen LogP contribution in [0.4, 0.5) is 11.4 Å². The fraction of sp³-hybridized carbons (Fsp3) is 0.409. The summed E-state index contributed by atoms with van der Waals surface area (Å²) >= 11 is 0. The Morgan fingerprint density at radius 1 is 1.08 bits per heavy atom. The molecule has 3 atom stereocenters. The second-order valence-electron chi connectivity index (χ2n) is 7.57. The summed E-state index contributed by atoms with van der Waals surface area (Å²) in [6.07, 6.45) is 5.11. The smallest absolute Gasteiger partial charge is 0.221 e. The molecule has 2 aromatic carbocycles. The lowest BCUT2D eigenvalue weighted by Crippen LogP contribution is -2.33. The van der Waals surface area contributed by atoms with Crippen LogP contribution in [0.3, 0.4) is 0 Å². The number of aryl methyl sites for hydroxylation is 1. The van der Waals surface area contributed by atoms with Gasteiger partial charge in [-0.05, 0) is 60.9 Å². The normalized spacial score (nSPS) is 24.6. The van der Waals surface area contributed by atoms with Gasteiger partial charge in [0.1, 0.15) is 0 Å². The second kappa shape index (κ2) is 6.55. The van der Waals surface area contributed by atoms with Gasteiger partial charge in [0.05, 0.1) is 6.04 Å². The van der Waals surface area contributed by atoms with E-state index in [1.165, 1.54) is 48.1 Å². The van der Waals surface area contributed by atoms with Crippen molar-refractivity contribution in [3.63, 3.8) is 0 Å². The molecule has 0 bridgehead atoms. The lowest BCUT2D eigenvalue weighted by atomic mass is 9.68. The van der Waals surface area contributed by atoms with Crippen molar-refractivity contribution in [2.75, 3.05) is 10.6 Å². The van der Waals surface area contributed by atoms with Gasteiger partial charge in [-0.1, -0.05) is 42.7 Å². The van der Waals surface area contributed by atoms with Gasteiger partial charge >= 0.3 is 0 Å². The molecule has 1 aliphatic heterocycles. The first kappa shape index (κ1) is 16.2. The molecule has 0 saturated heterocycles. The second-order valence-corrected chi connectivity index (χ2v) is 7.57. The van der Waals surface area contributed by atoms with Crippen molar-refractivity contribution in [1.29, 1.82) is 0 Å². The third kappa shape index (κ3) is 3.15. The molecule has 0 aromatic heterocycles. The topological polar surface area (TPSA) is 41.1 Å². The van der Waals surface area contributed by atoms with Crippen LogP contribution in [0.15, 0.2) is 42.5 Å². The molecule has 0 spiro atoms. The Bertz CT molecular complexity index is 781. The van der Waals surface area contributed by atoms with Crippen LogP contribution in [0, 0.1) is 12.8 Å². The fourth-order valence-electron chi connectivity index (χ4n) is 4.61. The van der Waals surface area contributed by atoms with Gasteiger partial charge < -0.3 is 10.6 Å². The average Bonchev–Trinajstić information content (AvgIpc) is 2.61. The van der Waals surface area contributed by atoms with Gasteiger partial charge in [-0.25, -0.2) is 0 Å². The SMILES string of the molecule is CC(=O)Nc1ccc2c(c1)C1CCCCC1C(c1ccc(C)cc1)N2. The molecule has 4 rings (SSSR count). The average molecular weight is 334 g/mol. The van der Waals surface area contributed by atoms with Gasteiger partial charge in [0.15, 0.2) is 0 Å². The summed E-state index contributed by atoms with van der Waals surface area (Å²) < 4.78 is 0. The quantitative estimate of drug-likeness (QED) is 0.772. The molecule has 1 aliphatic carbocycles. The number of hydrogen-bond donors (Lipinski definition) is 2. The molecular formula is C22H26N2O. The van der Waals surface area contributed by atoms with E-state index in [1.807, 2.05) is 6.07 Å². The van der Waals surface area contributed by atoms with Crippen molar-refractivity contribution in [1.82, 2.24) is 0 Å². The highest BCUT2D eigenvalue weighted by Gasteiger charge is 2.38. The largest absolute Gasteiger partial charge is 0.378 e. The summed E-state index contributed by atoms with van der Waals surface area (Å²) in [7, 11) is 0. The molecule has 3 unspecified atom stereocenters. The first-order valence-electron chi connectivity index (χ1n) is 9.36. The maximum Gasteiger partial charge on any atom is 0.221 e. The summed E-state index contributed by atoms with van der Waals surface area (Å²) in [6.45, 7) is 3.70. The minimum atomic E-state index is -0.0126. The molecule has 3 heteroatoms. The standard InChI is InChI=1S/C22H26N2O/c1-14-7-9-16(10-8-14)22-19-6-4-3-5-18(19)20-13-17(23-15(2)25)11-12-21(20)24-22/h7-13,18-19,22,24H,3-6H2,1-2H3,(H,23,25). The van der Waals surface area contributed by atoms with E-state index in [4.69, 9.17) is 0 Å². The number of amides is 1. The van der Waals surface area contributed by atoms with Gasteiger partial charge in [-0.2, -0.15) is 0 Å². The van der Waals surface area contributed by atoms with Crippen LogP contribution in [0.2, 0.25) is 0 Å². The van der Waals surface area contributed by atoms with Crippen LogP contribution < -0.4 is 10.6 Å². The highest BCUT2D eigenvalue weighted by atomic mass is 16.1. The Kier molecular flexibility index (Phi) is 4.24. The van der Waals surface area contributed by atoms with Gasteiger partial charge in [0.2, 0.25) is 5.91 Å². The van der Waals surface area contributed by atoms with Crippen molar-refractivity contribution in [2.45, 2.75) is 51.5 Å². The molecule has 2 N–H and O–H groups in total. The number of rotatable bonds is 2. The molecule has 130 valence electrons. The van der Waals surface area contributed by atoms with E-state index in [0.29, 0.717) is 17.9 Å². The number of fused-ring (bicyclic) bond motifs is 3. The molecule has 1 fully saturated rings. The van der Waals surface area contributed by atoms with Crippen molar-refractivity contribution < 1.29 is 4.79 Å². The zero-order chi connectivity index (χ0) is 17.4. The predicted octanol–water partition coefficient (Wildman–Crippen LogP) is 5.39. The van der Waals surface area contributed by atoms with Crippen LogP contribution in [-0.2, 0) is 4.79 Å². The molecule has 2 aliphatic rings. The highest BCUT2D eigenvalue weighted by molar-refractivity contribution is 5.89. The molecule has 1 saturated carbocycles. The van der Waals surface area contributed by atoms with Crippen LogP contribution in [0.25, 0.3) is 0 Å². The number of hydrogen-bond acceptors (Lipinski definition) is 2. The number of benzene rings is 2. The predicted molar refractivity (Wildman–Crippen MR) is 103 cm³/mol. The van der Waals surface area contributed by atoms with Crippen LogP contribution >= 0.6 is 0 Å². The first-order valence-corrected chi connectivity index (χ1v) is 9.36. The fourth-order valence-corrected chi connectivity index (χ4v) is 4.61. The van der Waals surface area contributed by atoms with Crippen molar-refractivity contribution in [2.24, 2.45) is 5.92 Å². The number of nitrogens with one attached hydrogen (secondary N) is 2. The maximum absolute atomic E-state index is 11.4. The summed E-state index contributed by atoms with van der Waals surface area (Å²) in [5.74, 6) is 1.18. The van der Waals surface area contributed by atoms with E-state index >= 15 is 0 Å². The van der Waals surface area contributed by atoms with E-state index < -0.39 is 0 Å². The lowest BCUT2D eigenvalue weighted by Gasteiger charge is -2.44. The monoisotopic (exact) mass is 334 g/mol. The van der Waals surface area contributed by atoms with Gasteiger partial charge in [0.25, 0.3) is 0 Å². The molecule has 25 heavy (non-hydrogen) atoms. The van der Waals surface area contributed by atoms with Gasteiger partial charge in [-0.3, -0.25) is 4.79 Å². The minimum absolute atomic E-state index is 0.0126. The Morgan fingerprint density at radius 2 is 1.84 bits per heavy atom. The molecule has 3 nitrogen and oxygen atoms in total. The molecule has 1 amide bonds. The summed E-state index contributed by atoms with van der Waals surface area (Å²) in [5.41, 5.74) is 6.20. The molecule has 2 aromatic rings. The zero-order valence-corrected chi connectivity index (χ0v) is 15.0. The van der Waals surface area contributed by atoms with Gasteiger partial charge in [-0.15, -0.1) is 0 Å². The Morgan fingerprint density at radius 3 is 2.60 bits per heavy atom. The molecular weight excluding hydrogens is 308 g/mol. The van der Waals surface area contributed by atoms with Crippen molar-refractivity contribution in [3.05, 3.63) is 59.2 Å². The van der Waals surface area contributed by atoms with Crippen molar-refractivity contribution >= 4 is 17.3 Å². The highest BCUT2D eigenvalue weighted by Crippen LogP contribution is 2.51. The number of carbonyl (C=O) groups excluding carboxylic acids is 1. The first-order chi connectivity index (χ1) is 12.1. The van der Waals surface area contributed by atoms with Gasteiger partial charge in [0, 0.05) is 18.3 Å². The summed E-state index contributed by atoms with van der Waals surface area (Å²) in [6, 6.07) is 15.7.